The molecule has 2 N–H and O–H groups in total. The van der Waals surface area contributed by atoms with Crippen LogP contribution in [-0.2, 0) is 24.6 Å². The predicted molar refractivity (Wildman–Crippen MR) is 166 cm³/mol. The van der Waals surface area contributed by atoms with E-state index in [1.165, 1.54) is 38.4 Å². The molecule has 2 aliphatic heterocycles. The van der Waals surface area contributed by atoms with Crippen LogP contribution >= 0.6 is 23.2 Å². The van der Waals surface area contributed by atoms with Gasteiger partial charge in [-0.1, -0.05) is 59.1 Å². The van der Waals surface area contributed by atoms with Crippen LogP contribution in [-0.4, -0.2) is 52.8 Å². The van der Waals surface area contributed by atoms with Gasteiger partial charge < -0.3 is 9.84 Å². The van der Waals surface area contributed by atoms with Crippen LogP contribution in [0.1, 0.15) is 29.9 Å². The van der Waals surface area contributed by atoms with Gasteiger partial charge in [-0.15, -0.1) is 0 Å². The number of hydrogen-bond donors (Lipinski definition) is 2. The number of imide groups is 2. The summed E-state index contributed by atoms with van der Waals surface area (Å²) in [4.78, 5) is 57.4. The number of phenols is 1. The van der Waals surface area contributed by atoms with Gasteiger partial charge in [0.1, 0.15) is 5.75 Å². The fraction of sp³-hybridized carbons (Fsp3) is 0.294. The van der Waals surface area contributed by atoms with Gasteiger partial charge in [-0.2, -0.15) is 5.01 Å². The average Bonchev–Trinajstić information content (AvgIpc) is 3.40. The van der Waals surface area contributed by atoms with Gasteiger partial charge in [-0.05, 0) is 60.7 Å². The van der Waals surface area contributed by atoms with Gasteiger partial charge in [0.15, 0.2) is 11.6 Å². The van der Waals surface area contributed by atoms with E-state index in [0.29, 0.717) is 21.9 Å². The fourth-order valence-corrected chi connectivity index (χ4v) is 8.56. The minimum absolute atomic E-state index is 0.0512. The van der Waals surface area contributed by atoms with Crippen LogP contribution in [0.5, 0.6) is 11.5 Å². The van der Waals surface area contributed by atoms with Crippen LogP contribution in [0.3, 0.4) is 0 Å². The summed E-state index contributed by atoms with van der Waals surface area (Å²) in [5.41, 5.74) is 2.56. The number of halogens is 3. The zero-order valence-corrected chi connectivity index (χ0v) is 26.2. The third-order valence-electron chi connectivity index (χ3n) is 10.1. The summed E-state index contributed by atoms with van der Waals surface area (Å²) < 4.78 is 20.5. The molecule has 46 heavy (non-hydrogen) atoms. The number of benzene rings is 3. The summed E-state index contributed by atoms with van der Waals surface area (Å²) >= 11 is 12.5. The van der Waals surface area contributed by atoms with Crippen LogP contribution in [0, 0.1) is 29.5 Å². The Balaban J connectivity index is 1.49. The monoisotopic (exact) mass is 663 g/mol. The lowest BCUT2D eigenvalue weighted by atomic mass is 9.49. The fourth-order valence-electron chi connectivity index (χ4n) is 8.11. The molecule has 1 saturated carbocycles. The number of hydrogen-bond acceptors (Lipinski definition) is 7. The summed E-state index contributed by atoms with van der Waals surface area (Å²) in [7, 11) is 2.94. The van der Waals surface area contributed by atoms with Gasteiger partial charge in [-0.25, -0.2) is 4.39 Å². The van der Waals surface area contributed by atoms with E-state index in [9.17, 15) is 19.5 Å². The SMILES string of the molecule is COc1ccc(C23C(=O)N(Nc4ccc(Cl)cc4Cl)C(=O)C2CC2C(=CCC4C(=O)N(C)C(=O)C42)C3c2cccc(F)c2O)cc1. The summed E-state index contributed by atoms with van der Waals surface area (Å²) in [5.74, 6) is -7.21. The predicted octanol–water partition coefficient (Wildman–Crippen LogP) is 5.46. The van der Waals surface area contributed by atoms with Crippen LogP contribution in [0.4, 0.5) is 10.1 Å². The molecule has 236 valence electrons. The molecule has 4 amide bonds. The quantitative estimate of drug-likeness (QED) is 0.275. The number of ether oxygens (including phenoxy) is 1. The van der Waals surface area contributed by atoms with Crippen LogP contribution in [0.15, 0.2) is 72.3 Å². The maximum Gasteiger partial charge on any atom is 0.260 e. The number of likely N-dealkylation sites (tertiary alicyclic amines) is 1. The number of phenolic OH excluding ortho intramolecular Hbond substituents is 1. The largest absolute Gasteiger partial charge is 0.505 e. The molecular formula is C34H28Cl2FN3O6. The van der Waals surface area contributed by atoms with Crippen molar-refractivity contribution in [2.45, 2.75) is 24.2 Å². The van der Waals surface area contributed by atoms with Crippen molar-refractivity contribution >= 4 is 52.5 Å². The maximum absolute atomic E-state index is 15.1. The van der Waals surface area contributed by atoms with E-state index in [0.717, 1.165) is 16.0 Å². The normalized spacial score (nSPS) is 28.5. The van der Waals surface area contributed by atoms with E-state index in [1.807, 2.05) is 6.08 Å². The first-order chi connectivity index (χ1) is 22.0. The summed E-state index contributed by atoms with van der Waals surface area (Å²) in [6.45, 7) is 0. The van der Waals surface area contributed by atoms with Gasteiger partial charge in [0.05, 0.1) is 41.0 Å². The second-order valence-corrected chi connectivity index (χ2v) is 13.0. The molecule has 2 aliphatic carbocycles. The second kappa shape index (κ2) is 10.8. The van der Waals surface area contributed by atoms with E-state index in [1.54, 1.807) is 30.3 Å². The molecular weight excluding hydrogens is 636 g/mol. The number of rotatable bonds is 5. The highest BCUT2D eigenvalue weighted by Gasteiger charge is 2.70. The van der Waals surface area contributed by atoms with Crippen molar-refractivity contribution in [1.29, 1.82) is 0 Å². The Hall–Kier alpha value is -4.41. The molecule has 0 radical (unpaired) electrons. The Morgan fingerprint density at radius 1 is 0.978 bits per heavy atom. The molecule has 0 bridgehead atoms. The first kappa shape index (κ1) is 30.3. The zero-order chi connectivity index (χ0) is 32.7. The number of fused-ring (bicyclic) bond motifs is 4. The number of aromatic hydroxyl groups is 1. The minimum Gasteiger partial charge on any atom is -0.505 e. The Morgan fingerprint density at radius 3 is 2.41 bits per heavy atom. The number of nitrogens with one attached hydrogen (secondary N) is 1. The van der Waals surface area contributed by atoms with Crippen LogP contribution in [0.25, 0.3) is 0 Å². The van der Waals surface area contributed by atoms with Crippen LogP contribution in [0.2, 0.25) is 10.0 Å². The van der Waals surface area contributed by atoms with E-state index in [4.69, 9.17) is 27.9 Å². The molecule has 4 aliphatic rings. The minimum atomic E-state index is -1.70. The van der Waals surface area contributed by atoms with E-state index >= 15 is 9.18 Å². The number of carbonyl (C=O) groups is 4. The number of hydrazine groups is 1. The number of allylic oxidation sites excluding steroid dienone is 2. The number of nitrogens with zero attached hydrogens (tertiary/aromatic N) is 2. The number of carbonyl (C=O) groups excluding carboxylic acids is 4. The van der Waals surface area contributed by atoms with Crippen molar-refractivity contribution in [3.63, 3.8) is 0 Å². The molecule has 2 saturated heterocycles. The summed E-state index contributed by atoms with van der Waals surface area (Å²) in [6.07, 6.45) is 2.10. The Labute approximate surface area is 273 Å². The van der Waals surface area contributed by atoms with Gasteiger partial charge in [0, 0.05) is 23.6 Å². The maximum atomic E-state index is 15.1. The highest BCUT2D eigenvalue weighted by Crippen LogP contribution is 2.65. The molecule has 3 aromatic rings. The Kier molecular flexibility index (Phi) is 7.13. The Bertz CT molecular complexity index is 1870. The summed E-state index contributed by atoms with van der Waals surface area (Å²) in [6, 6.07) is 15.3. The third kappa shape index (κ3) is 4.12. The molecule has 0 spiro atoms. The molecule has 7 rings (SSSR count). The van der Waals surface area contributed by atoms with Gasteiger partial charge in [-0.3, -0.25) is 29.5 Å². The van der Waals surface area contributed by atoms with E-state index in [-0.39, 0.29) is 40.9 Å². The Morgan fingerprint density at radius 2 is 1.72 bits per heavy atom. The van der Waals surface area contributed by atoms with E-state index in [2.05, 4.69) is 5.43 Å². The van der Waals surface area contributed by atoms with Crippen molar-refractivity contribution in [3.05, 3.63) is 99.3 Å². The van der Waals surface area contributed by atoms with Crippen molar-refractivity contribution in [1.82, 2.24) is 9.91 Å². The number of para-hydroxylation sites is 1. The molecule has 12 heteroatoms. The van der Waals surface area contributed by atoms with Crippen molar-refractivity contribution in [2.75, 3.05) is 19.6 Å². The van der Waals surface area contributed by atoms with Crippen molar-refractivity contribution in [3.8, 4) is 11.5 Å². The molecule has 0 aromatic heterocycles. The zero-order valence-electron chi connectivity index (χ0n) is 24.7. The lowest BCUT2D eigenvalue weighted by Crippen LogP contribution is -2.53. The van der Waals surface area contributed by atoms with Crippen molar-refractivity contribution < 1.29 is 33.4 Å². The van der Waals surface area contributed by atoms with Crippen molar-refractivity contribution in [2.24, 2.45) is 23.7 Å². The number of methoxy groups -OCH3 is 1. The van der Waals surface area contributed by atoms with Gasteiger partial charge in [0.25, 0.3) is 11.8 Å². The lowest BCUT2D eigenvalue weighted by molar-refractivity contribution is -0.140. The van der Waals surface area contributed by atoms with Gasteiger partial charge in [0.2, 0.25) is 11.8 Å². The first-order valence-electron chi connectivity index (χ1n) is 14.7. The molecule has 6 unspecified atom stereocenters. The van der Waals surface area contributed by atoms with Crippen LogP contribution < -0.4 is 10.2 Å². The molecule has 3 aromatic carbocycles. The second-order valence-electron chi connectivity index (χ2n) is 12.1. The topological polar surface area (TPSA) is 116 Å². The molecule has 6 atom stereocenters. The molecule has 2 heterocycles. The number of anilines is 1. The van der Waals surface area contributed by atoms with E-state index < -0.39 is 58.4 Å². The first-order valence-corrected chi connectivity index (χ1v) is 15.5. The average molecular weight is 665 g/mol. The highest BCUT2D eigenvalue weighted by molar-refractivity contribution is 6.36. The smallest absolute Gasteiger partial charge is 0.260 e. The number of amides is 4. The molecule has 9 nitrogen and oxygen atoms in total. The summed E-state index contributed by atoms with van der Waals surface area (Å²) in [5, 5.41) is 12.7. The molecule has 3 fully saturated rings. The highest BCUT2D eigenvalue weighted by atomic mass is 35.5. The standard InChI is InChI=1S/C34H28Cl2FN3O6/c1-39-30(42)20-12-11-19-22(27(20)32(39)44)15-23-31(43)40(38-26-13-8-17(35)14-24(26)36)33(45)34(23,16-6-9-18(46-2)10-7-16)28(19)21-4-3-5-25(37)29(21)41/h3-11,13-14,20,22-23,27-28,38,41H,12,15H2,1-2H3. The van der Waals surface area contributed by atoms with Gasteiger partial charge >= 0.3 is 0 Å². The lowest BCUT2D eigenvalue weighted by Gasteiger charge is -2.50. The third-order valence-corrected chi connectivity index (χ3v) is 10.7.